The van der Waals surface area contributed by atoms with Gasteiger partial charge in [-0.15, -0.1) is 0 Å². The lowest BCUT2D eigenvalue weighted by Crippen LogP contribution is -2.37. The van der Waals surface area contributed by atoms with Crippen molar-refractivity contribution in [2.75, 3.05) is 13.6 Å². The van der Waals surface area contributed by atoms with Crippen LogP contribution in [0, 0.1) is 0 Å². The Kier molecular flexibility index (Phi) is 6.13. The number of para-hydroxylation sites is 1. The van der Waals surface area contributed by atoms with Gasteiger partial charge in [-0.3, -0.25) is 9.98 Å². The van der Waals surface area contributed by atoms with Crippen LogP contribution in [-0.4, -0.2) is 24.5 Å². The van der Waals surface area contributed by atoms with Crippen molar-refractivity contribution in [2.45, 2.75) is 19.1 Å². The highest BCUT2D eigenvalue weighted by atomic mass is 19.4. The molecule has 0 saturated heterocycles. The molecule has 3 rings (SSSR count). The summed E-state index contributed by atoms with van der Waals surface area (Å²) in [5.41, 5.74) is 2.20. The van der Waals surface area contributed by atoms with Crippen LogP contribution in [0.15, 0.2) is 65.8 Å². The van der Waals surface area contributed by atoms with Crippen LogP contribution < -0.4 is 10.6 Å². The molecule has 0 amide bonds. The molecule has 0 bridgehead atoms. The van der Waals surface area contributed by atoms with Crippen LogP contribution in [0.5, 0.6) is 0 Å². The van der Waals surface area contributed by atoms with E-state index in [1.165, 1.54) is 12.1 Å². The number of hydrogen-bond donors (Lipinski definition) is 2. The summed E-state index contributed by atoms with van der Waals surface area (Å²) >= 11 is 0. The van der Waals surface area contributed by atoms with Gasteiger partial charge >= 0.3 is 6.18 Å². The van der Waals surface area contributed by atoms with Crippen molar-refractivity contribution in [1.29, 1.82) is 0 Å². The molecule has 3 aromatic rings. The van der Waals surface area contributed by atoms with Crippen LogP contribution in [0.3, 0.4) is 0 Å². The smallest absolute Gasteiger partial charge is 0.356 e. The van der Waals surface area contributed by atoms with Crippen LogP contribution in [-0.2, 0) is 19.1 Å². The third kappa shape index (κ3) is 5.00. The summed E-state index contributed by atoms with van der Waals surface area (Å²) in [5.74, 6) is 0.625. The molecule has 0 radical (unpaired) electrons. The topological polar surface area (TPSA) is 49.3 Å². The Labute approximate surface area is 161 Å². The lowest BCUT2D eigenvalue weighted by molar-refractivity contribution is -0.137. The first kappa shape index (κ1) is 19.7. The molecule has 0 aliphatic rings. The zero-order valence-electron chi connectivity index (χ0n) is 15.4. The second-order valence-corrected chi connectivity index (χ2v) is 6.29. The Morgan fingerprint density at radius 2 is 1.75 bits per heavy atom. The number of nitrogens with one attached hydrogen (secondary N) is 2. The van der Waals surface area contributed by atoms with E-state index in [4.69, 9.17) is 0 Å². The molecular formula is C21H21F3N4. The summed E-state index contributed by atoms with van der Waals surface area (Å²) in [6.07, 6.45) is -1.95. The number of fused-ring (bicyclic) bond motifs is 1. The van der Waals surface area contributed by atoms with Gasteiger partial charge < -0.3 is 10.6 Å². The molecule has 1 heterocycles. The van der Waals surface area contributed by atoms with E-state index in [1.807, 2.05) is 30.3 Å². The van der Waals surface area contributed by atoms with Crippen molar-refractivity contribution >= 4 is 16.9 Å². The first-order valence-corrected chi connectivity index (χ1v) is 8.90. The fourth-order valence-corrected chi connectivity index (χ4v) is 2.90. The van der Waals surface area contributed by atoms with Gasteiger partial charge in [0.2, 0.25) is 0 Å². The average Bonchev–Trinajstić information content (AvgIpc) is 2.70. The first-order valence-electron chi connectivity index (χ1n) is 8.90. The highest BCUT2D eigenvalue weighted by molar-refractivity contribution is 5.83. The number of aliphatic imine (C=N–C) groups is 1. The normalized spacial score (nSPS) is 12.2. The highest BCUT2D eigenvalue weighted by Gasteiger charge is 2.29. The molecule has 2 aromatic carbocycles. The largest absolute Gasteiger partial charge is 0.416 e. The summed E-state index contributed by atoms with van der Waals surface area (Å²) in [7, 11) is 1.68. The Bertz CT molecular complexity index is 945. The van der Waals surface area contributed by atoms with Gasteiger partial charge in [0.15, 0.2) is 5.96 Å². The Hall–Kier alpha value is -3.09. The van der Waals surface area contributed by atoms with Crippen LogP contribution in [0.1, 0.15) is 16.7 Å². The average molecular weight is 386 g/mol. The molecule has 146 valence electrons. The minimum Gasteiger partial charge on any atom is -0.356 e. The summed E-state index contributed by atoms with van der Waals surface area (Å²) in [5, 5.41) is 7.50. The predicted octanol–water partition coefficient (Wildman–Crippen LogP) is 4.16. The number of guanidine groups is 1. The Morgan fingerprint density at radius 1 is 1.00 bits per heavy atom. The van der Waals surface area contributed by atoms with Crippen LogP contribution in [0.2, 0.25) is 0 Å². The van der Waals surface area contributed by atoms with Crippen molar-refractivity contribution in [3.05, 3.63) is 77.5 Å². The van der Waals surface area contributed by atoms with E-state index in [9.17, 15) is 13.2 Å². The van der Waals surface area contributed by atoms with E-state index < -0.39 is 11.7 Å². The summed E-state index contributed by atoms with van der Waals surface area (Å²) in [6, 6.07) is 15.2. The lowest BCUT2D eigenvalue weighted by Gasteiger charge is -2.13. The molecule has 28 heavy (non-hydrogen) atoms. The number of alkyl halides is 3. The Balaban J connectivity index is 1.52. The predicted molar refractivity (Wildman–Crippen MR) is 105 cm³/mol. The fraction of sp³-hybridized carbons (Fsp3) is 0.238. The third-order valence-electron chi connectivity index (χ3n) is 4.37. The second kappa shape index (κ2) is 8.73. The molecule has 7 heteroatoms. The molecule has 2 N–H and O–H groups in total. The third-order valence-corrected chi connectivity index (χ3v) is 4.37. The van der Waals surface area contributed by atoms with Crippen molar-refractivity contribution in [2.24, 2.45) is 4.99 Å². The first-order chi connectivity index (χ1) is 13.5. The van der Waals surface area contributed by atoms with Gasteiger partial charge in [0, 0.05) is 31.7 Å². The molecule has 0 aliphatic heterocycles. The Morgan fingerprint density at radius 3 is 2.46 bits per heavy atom. The number of aromatic nitrogens is 1. The van der Waals surface area contributed by atoms with Crippen LogP contribution >= 0.6 is 0 Å². The summed E-state index contributed by atoms with van der Waals surface area (Å²) < 4.78 is 37.8. The number of hydrogen-bond acceptors (Lipinski definition) is 2. The monoisotopic (exact) mass is 386 g/mol. The molecular weight excluding hydrogens is 365 g/mol. The zero-order chi connectivity index (χ0) is 20.0. The van der Waals surface area contributed by atoms with Crippen molar-refractivity contribution in [1.82, 2.24) is 15.6 Å². The number of benzene rings is 2. The number of rotatable bonds is 5. The lowest BCUT2D eigenvalue weighted by atomic mass is 10.1. The molecule has 0 saturated carbocycles. The van der Waals surface area contributed by atoms with Gasteiger partial charge in [-0.2, -0.15) is 13.2 Å². The molecule has 0 fully saturated rings. The van der Waals surface area contributed by atoms with Crippen LogP contribution in [0.25, 0.3) is 10.9 Å². The van der Waals surface area contributed by atoms with Gasteiger partial charge in [0.05, 0.1) is 11.1 Å². The van der Waals surface area contributed by atoms with E-state index in [1.54, 1.807) is 13.2 Å². The molecule has 4 nitrogen and oxygen atoms in total. The van der Waals surface area contributed by atoms with E-state index >= 15 is 0 Å². The zero-order valence-corrected chi connectivity index (χ0v) is 15.4. The van der Waals surface area contributed by atoms with Gasteiger partial charge in [0.25, 0.3) is 0 Å². The minimum absolute atomic E-state index is 0.554. The SMILES string of the molecule is CN=C(NCCc1ccc(C(F)(F)F)cc1)NCc1cccc2cccnc12. The van der Waals surface area contributed by atoms with E-state index in [0.29, 0.717) is 25.5 Å². The summed E-state index contributed by atoms with van der Waals surface area (Å²) in [6.45, 7) is 1.12. The maximum absolute atomic E-state index is 12.6. The van der Waals surface area contributed by atoms with E-state index in [2.05, 4.69) is 20.6 Å². The minimum atomic E-state index is -4.31. The van der Waals surface area contributed by atoms with Crippen molar-refractivity contribution in [3.8, 4) is 0 Å². The molecule has 0 atom stereocenters. The molecule has 0 aliphatic carbocycles. The maximum atomic E-state index is 12.6. The number of halogens is 3. The van der Waals surface area contributed by atoms with Crippen molar-refractivity contribution in [3.63, 3.8) is 0 Å². The van der Waals surface area contributed by atoms with Gasteiger partial charge in [-0.05, 0) is 35.7 Å². The van der Waals surface area contributed by atoms with Gasteiger partial charge in [-0.1, -0.05) is 36.4 Å². The van der Waals surface area contributed by atoms with Crippen molar-refractivity contribution < 1.29 is 13.2 Å². The summed E-state index contributed by atoms with van der Waals surface area (Å²) in [4.78, 5) is 8.62. The van der Waals surface area contributed by atoms with Gasteiger partial charge in [-0.25, -0.2) is 0 Å². The maximum Gasteiger partial charge on any atom is 0.416 e. The molecule has 0 spiro atoms. The van der Waals surface area contributed by atoms with Crippen LogP contribution in [0.4, 0.5) is 13.2 Å². The van der Waals surface area contributed by atoms with E-state index in [0.717, 1.165) is 34.2 Å². The standard InChI is InChI=1S/C21H21F3N4/c1-25-20(27-13-11-15-7-9-18(10-8-15)21(22,23)24)28-14-17-5-2-4-16-6-3-12-26-19(16)17/h2-10,12H,11,13-14H2,1H3,(H2,25,27,28). The fourth-order valence-electron chi connectivity index (χ4n) is 2.90. The quantitative estimate of drug-likeness (QED) is 0.511. The second-order valence-electron chi connectivity index (χ2n) is 6.29. The van der Waals surface area contributed by atoms with E-state index in [-0.39, 0.29) is 0 Å². The molecule has 0 unspecified atom stereocenters. The van der Waals surface area contributed by atoms with Gasteiger partial charge in [0.1, 0.15) is 0 Å². The number of nitrogens with zero attached hydrogens (tertiary/aromatic N) is 2. The highest BCUT2D eigenvalue weighted by Crippen LogP contribution is 2.29. The number of pyridine rings is 1. The molecule has 1 aromatic heterocycles.